The van der Waals surface area contributed by atoms with Crippen LogP contribution in [0.2, 0.25) is 0 Å². The van der Waals surface area contributed by atoms with E-state index >= 15 is 0 Å². The summed E-state index contributed by atoms with van der Waals surface area (Å²) in [6.45, 7) is 14.4. The highest BCUT2D eigenvalue weighted by atomic mass is 35.5. The third-order valence-corrected chi connectivity index (χ3v) is 5.15. The predicted molar refractivity (Wildman–Crippen MR) is 118 cm³/mol. The van der Waals surface area contributed by atoms with Gasteiger partial charge in [0, 0.05) is 32.2 Å². The maximum atomic E-state index is 13.4. The molecule has 1 fully saturated rings. The number of benzene rings is 1. The van der Waals surface area contributed by atoms with Crippen LogP contribution in [0.1, 0.15) is 70.7 Å². The third kappa shape index (κ3) is 7.50. The van der Waals surface area contributed by atoms with E-state index < -0.39 is 18.6 Å². The Morgan fingerprint density at radius 1 is 0.931 bits per heavy atom. The number of nitrogens with one attached hydrogen (secondary N) is 1. The fourth-order valence-corrected chi connectivity index (χ4v) is 3.66. The van der Waals surface area contributed by atoms with Crippen LogP contribution in [0.3, 0.4) is 0 Å². The monoisotopic (exact) mass is 458 g/mol. The summed E-state index contributed by atoms with van der Waals surface area (Å²) >= 11 is 0. The molecule has 29 heavy (non-hydrogen) atoms. The van der Waals surface area contributed by atoms with Crippen LogP contribution in [0.5, 0.6) is 5.75 Å². The highest BCUT2D eigenvalue weighted by Gasteiger charge is 2.37. The van der Waals surface area contributed by atoms with Crippen LogP contribution < -0.4 is 5.32 Å². The van der Waals surface area contributed by atoms with Crippen LogP contribution in [-0.4, -0.2) is 42.4 Å². The highest BCUT2D eigenvalue weighted by Crippen LogP contribution is 2.43. The Labute approximate surface area is 185 Å². The number of aromatic hydroxyl groups is 1. The van der Waals surface area contributed by atoms with Gasteiger partial charge >= 0.3 is 6.18 Å². The molecule has 0 aliphatic carbocycles. The van der Waals surface area contributed by atoms with Gasteiger partial charge in [-0.1, -0.05) is 41.5 Å². The Hall–Kier alpha value is -0.690. The largest absolute Gasteiger partial charge is 0.507 e. The summed E-state index contributed by atoms with van der Waals surface area (Å²) < 4.78 is 40.2. The lowest BCUT2D eigenvalue weighted by Gasteiger charge is -2.37. The second-order valence-electron chi connectivity index (χ2n) is 9.59. The Balaban J connectivity index is 0.00000392. The van der Waals surface area contributed by atoms with Crippen LogP contribution in [0.15, 0.2) is 12.1 Å². The van der Waals surface area contributed by atoms with Crippen molar-refractivity contribution >= 4 is 24.8 Å². The Morgan fingerprint density at radius 3 is 1.69 bits per heavy atom. The number of halogens is 5. The van der Waals surface area contributed by atoms with Gasteiger partial charge in [-0.15, -0.1) is 24.8 Å². The molecule has 0 aromatic heterocycles. The zero-order valence-corrected chi connectivity index (χ0v) is 19.7. The van der Waals surface area contributed by atoms with Gasteiger partial charge in [0.05, 0.1) is 6.42 Å². The van der Waals surface area contributed by atoms with Crippen molar-refractivity contribution in [2.75, 3.05) is 26.2 Å². The van der Waals surface area contributed by atoms with Crippen molar-refractivity contribution in [2.45, 2.75) is 71.0 Å². The molecule has 1 aromatic rings. The molecule has 2 rings (SSSR count). The van der Waals surface area contributed by atoms with E-state index in [1.165, 1.54) is 0 Å². The van der Waals surface area contributed by atoms with Gasteiger partial charge < -0.3 is 10.4 Å². The van der Waals surface area contributed by atoms with Crippen molar-refractivity contribution in [2.24, 2.45) is 0 Å². The van der Waals surface area contributed by atoms with Crippen molar-refractivity contribution < 1.29 is 18.3 Å². The number of rotatable bonds is 3. The lowest BCUT2D eigenvalue weighted by Crippen LogP contribution is -2.46. The standard InChI is InChI=1S/C21H33F3N2O.2ClH/c1-19(2,3)15-11-14(12-16(18(15)27)20(4,5)6)17(13-21(22,23)24)26-9-7-25-8-10-26;;/h11-12,17,25,27H,7-10,13H2,1-6H3;2*1H/t17-;;/m1../s1. The second kappa shape index (κ2) is 10.1. The fourth-order valence-electron chi connectivity index (χ4n) is 3.66. The molecule has 0 amide bonds. The molecular formula is C21H35Cl2F3N2O. The van der Waals surface area contributed by atoms with Gasteiger partial charge in [0.25, 0.3) is 0 Å². The highest BCUT2D eigenvalue weighted by molar-refractivity contribution is 5.85. The normalized spacial score (nSPS) is 17.3. The second-order valence-corrected chi connectivity index (χ2v) is 9.59. The SMILES string of the molecule is CC(C)(C)c1cc([C@@H](CC(F)(F)F)N2CCNCC2)cc(C(C)(C)C)c1O.Cl.Cl. The van der Waals surface area contributed by atoms with E-state index in [0.29, 0.717) is 42.9 Å². The van der Waals surface area contributed by atoms with E-state index in [1.807, 2.05) is 46.4 Å². The average Bonchev–Trinajstić information content (AvgIpc) is 2.51. The molecule has 8 heteroatoms. The first kappa shape index (κ1) is 28.3. The molecule has 0 unspecified atom stereocenters. The van der Waals surface area contributed by atoms with Gasteiger partial charge in [-0.3, -0.25) is 4.90 Å². The van der Waals surface area contributed by atoms with E-state index in [1.54, 1.807) is 12.1 Å². The number of alkyl halides is 3. The van der Waals surface area contributed by atoms with Gasteiger partial charge in [-0.25, -0.2) is 0 Å². The smallest absolute Gasteiger partial charge is 0.390 e. The molecular weight excluding hydrogens is 424 g/mol. The van der Waals surface area contributed by atoms with Crippen molar-refractivity contribution in [3.8, 4) is 5.75 Å². The Kier molecular flexibility index (Phi) is 9.84. The molecule has 0 spiro atoms. The third-order valence-electron chi connectivity index (χ3n) is 5.15. The minimum atomic E-state index is -4.25. The summed E-state index contributed by atoms with van der Waals surface area (Å²) in [4.78, 5) is 1.91. The molecule has 170 valence electrons. The lowest BCUT2D eigenvalue weighted by atomic mass is 9.77. The maximum Gasteiger partial charge on any atom is 0.390 e. The zero-order chi connectivity index (χ0) is 20.6. The molecule has 0 saturated carbocycles. The molecule has 1 heterocycles. The number of piperazine rings is 1. The molecule has 1 aliphatic heterocycles. The van der Waals surface area contributed by atoms with E-state index in [4.69, 9.17) is 0 Å². The van der Waals surface area contributed by atoms with Crippen LogP contribution in [0, 0.1) is 0 Å². The lowest BCUT2D eigenvalue weighted by molar-refractivity contribution is -0.148. The molecule has 1 aliphatic rings. The quantitative estimate of drug-likeness (QED) is 0.606. The van der Waals surface area contributed by atoms with Crippen molar-refractivity contribution in [3.05, 3.63) is 28.8 Å². The molecule has 1 atom stereocenters. The first-order chi connectivity index (χ1) is 12.2. The van der Waals surface area contributed by atoms with Crippen LogP contribution >= 0.6 is 24.8 Å². The van der Waals surface area contributed by atoms with Crippen LogP contribution in [0.4, 0.5) is 13.2 Å². The molecule has 2 N–H and O–H groups in total. The number of hydrogen-bond acceptors (Lipinski definition) is 3. The van der Waals surface area contributed by atoms with Gasteiger partial charge in [0.1, 0.15) is 5.75 Å². The first-order valence-corrected chi connectivity index (χ1v) is 9.59. The summed E-state index contributed by atoms with van der Waals surface area (Å²) in [5, 5.41) is 14.1. The molecule has 0 radical (unpaired) electrons. The van der Waals surface area contributed by atoms with E-state index in [-0.39, 0.29) is 41.4 Å². The van der Waals surface area contributed by atoms with E-state index in [2.05, 4.69) is 5.32 Å². The average molecular weight is 459 g/mol. The van der Waals surface area contributed by atoms with Crippen molar-refractivity contribution in [1.82, 2.24) is 10.2 Å². The molecule has 1 aromatic carbocycles. The van der Waals surface area contributed by atoms with Crippen LogP contribution in [0.25, 0.3) is 0 Å². The number of phenols is 1. The van der Waals surface area contributed by atoms with E-state index in [9.17, 15) is 18.3 Å². The predicted octanol–water partition coefficient (Wildman–Crippen LogP) is 5.73. The topological polar surface area (TPSA) is 35.5 Å². The van der Waals surface area contributed by atoms with Gasteiger partial charge in [0.2, 0.25) is 0 Å². The molecule has 3 nitrogen and oxygen atoms in total. The summed E-state index contributed by atoms with van der Waals surface area (Å²) in [7, 11) is 0. The molecule has 1 saturated heterocycles. The maximum absolute atomic E-state index is 13.4. The molecule has 0 bridgehead atoms. The summed E-state index contributed by atoms with van der Waals surface area (Å²) in [6.07, 6.45) is -5.14. The van der Waals surface area contributed by atoms with E-state index in [0.717, 1.165) is 0 Å². The Morgan fingerprint density at radius 2 is 1.34 bits per heavy atom. The number of phenolic OH excluding ortho intramolecular Hbond substituents is 1. The minimum absolute atomic E-state index is 0. The number of hydrogen-bond donors (Lipinski definition) is 2. The minimum Gasteiger partial charge on any atom is -0.507 e. The zero-order valence-electron chi connectivity index (χ0n) is 18.1. The Bertz CT molecular complexity index is 626. The van der Waals surface area contributed by atoms with Gasteiger partial charge in [-0.05, 0) is 39.7 Å². The van der Waals surface area contributed by atoms with Crippen LogP contribution in [-0.2, 0) is 10.8 Å². The van der Waals surface area contributed by atoms with Crippen molar-refractivity contribution in [3.63, 3.8) is 0 Å². The van der Waals surface area contributed by atoms with Gasteiger partial charge in [0.15, 0.2) is 0 Å². The van der Waals surface area contributed by atoms with Crippen molar-refractivity contribution in [1.29, 1.82) is 0 Å². The number of nitrogens with zero attached hydrogens (tertiary/aromatic N) is 1. The van der Waals surface area contributed by atoms with Gasteiger partial charge in [-0.2, -0.15) is 13.2 Å². The summed E-state index contributed by atoms with van der Waals surface area (Å²) in [5.41, 5.74) is 1.31. The first-order valence-electron chi connectivity index (χ1n) is 9.59. The fraction of sp³-hybridized carbons (Fsp3) is 0.714. The summed E-state index contributed by atoms with van der Waals surface area (Å²) in [5.74, 6) is 0.199. The summed E-state index contributed by atoms with van der Waals surface area (Å²) in [6, 6.07) is 2.82.